The Morgan fingerprint density at radius 2 is 2.00 bits per heavy atom. The minimum Gasteiger partial charge on any atom is -0.327 e. The molecule has 0 spiro atoms. The summed E-state index contributed by atoms with van der Waals surface area (Å²) in [6.07, 6.45) is 6.13. The molecule has 0 heterocycles. The lowest BCUT2D eigenvalue weighted by Crippen LogP contribution is -1.98. The van der Waals surface area contributed by atoms with Crippen LogP contribution in [0.15, 0.2) is 48.1 Å². The summed E-state index contributed by atoms with van der Waals surface area (Å²) in [5, 5.41) is 0. The van der Waals surface area contributed by atoms with E-state index in [4.69, 9.17) is 5.73 Å². The fourth-order valence-electron chi connectivity index (χ4n) is 0.956. The second kappa shape index (κ2) is 5.33. The van der Waals surface area contributed by atoms with E-state index in [-0.39, 0.29) is 0 Å². The van der Waals surface area contributed by atoms with Crippen LogP contribution in [0, 0.1) is 0 Å². The van der Waals surface area contributed by atoms with Crippen LogP contribution in [0.4, 0.5) is 0 Å². The number of hydrogen-bond acceptors (Lipinski definition) is 1. The van der Waals surface area contributed by atoms with Crippen LogP contribution in [-0.4, -0.2) is 6.54 Å². The van der Waals surface area contributed by atoms with Gasteiger partial charge in [0.2, 0.25) is 0 Å². The summed E-state index contributed by atoms with van der Waals surface area (Å²) in [5.74, 6) is 0. The van der Waals surface area contributed by atoms with Crippen molar-refractivity contribution in [3.8, 4) is 0 Å². The summed E-state index contributed by atoms with van der Waals surface area (Å²) >= 11 is 0. The number of nitrogens with two attached hydrogens (primary N) is 1. The zero-order chi connectivity index (χ0) is 9.52. The minimum atomic E-state index is 0.624. The molecule has 0 aliphatic rings. The first kappa shape index (κ1) is 9.75. The first-order valence-corrected chi connectivity index (χ1v) is 4.42. The Morgan fingerprint density at radius 1 is 1.31 bits per heavy atom. The molecule has 2 N–H and O–H groups in total. The highest BCUT2D eigenvalue weighted by Gasteiger charge is 1.81. The third-order valence-corrected chi connectivity index (χ3v) is 1.79. The fraction of sp³-hybridized carbons (Fsp3) is 0.167. The van der Waals surface area contributed by atoms with Gasteiger partial charge in [-0.25, -0.2) is 0 Å². The molecule has 1 aromatic carbocycles. The maximum Gasteiger partial charge on any atom is 0.0137 e. The predicted molar refractivity (Wildman–Crippen MR) is 58.3 cm³/mol. The van der Waals surface area contributed by atoms with Crippen LogP contribution in [0.2, 0.25) is 0 Å². The van der Waals surface area contributed by atoms with E-state index in [1.54, 1.807) is 0 Å². The largest absolute Gasteiger partial charge is 0.327 e. The number of allylic oxidation sites excluding steroid dienone is 2. The second-order valence-electron chi connectivity index (χ2n) is 2.99. The third-order valence-electron chi connectivity index (χ3n) is 1.79. The summed E-state index contributed by atoms with van der Waals surface area (Å²) in [6.45, 7) is 2.65. The molecule has 0 aliphatic carbocycles. The van der Waals surface area contributed by atoms with Gasteiger partial charge in [0.25, 0.3) is 0 Å². The Hall–Kier alpha value is -1.34. The van der Waals surface area contributed by atoms with Crippen LogP contribution in [-0.2, 0) is 0 Å². The van der Waals surface area contributed by atoms with Crippen LogP contribution in [0.5, 0.6) is 0 Å². The van der Waals surface area contributed by atoms with E-state index < -0.39 is 0 Å². The lowest BCUT2D eigenvalue weighted by molar-refractivity contribution is 1.14. The first-order valence-electron chi connectivity index (χ1n) is 4.42. The molecule has 68 valence electrons. The molecule has 0 aromatic heterocycles. The van der Waals surface area contributed by atoms with E-state index in [0.717, 1.165) is 0 Å². The Morgan fingerprint density at radius 3 is 2.62 bits per heavy atom. The van der Waals surface area contributed by atoms with Gasteiger partial charge in [-0.15, -0.1) is 0 Å². The standard InChI is InChI=1S/C12H15N/c1-11(10-13)6-5-9-12-7-3-2-4-8-12/h2-9H,10,13H2,1H3. The zero-order valence-electron chi connectivity index (χ0n) is 7.90. The molecule has 0 aliphatic heterocycles. The van der Waals surface area contributed by atoms with Crippen LogP contribution < -0.4 is 5.73 Å². The van der Waals surface area contributed by atoms with Crippen molar-refractivity contribution in [3.63, 3.8) is 0 Å². The molecular weight excluding hydrogens is 158 g/mol. The molecule has 1 rings (SSSR count). The van der Waals surface area contributed by atoms with Crippen LogP contribution >= 0.6 is 0 Å². The van der Waals surface area contributed by atoms with Gasteiger partial charge in [-0.05, 0) is 12.5 Å². The van der Waals surface area contributed by atoms with Gasteiger partial charge in [-0.3, -0.25) is 0 Å². The number of hydrogen-bond donors (Lipinski definition) is 1. The monoisotopic (exact) mass is 173 g/mol. The van der Waals surface area contributed by atoms with Crippen LogP contribution in [0.3, 0.4) is 0 Å². The van der Waals surface area contributed by atoms with Crippen molar-refractivity contribution in [2.45, 2.75) is 6.92 Å². The van der Waals surface area contributed by atoms with Gasteiger partial charge in [-0.2, -0.15) is 0 Å². The van der Waals surface area contributed by atoms with Crippen molar-refractivity contribution in [2.75, 3.05) is 6.54 Å². The van der Waals surface area contributed by atoms with Crippen molar-refractivity contribution in [1.82, 2.24) is 0 Å². The van der Waals surface area contributed by atoms with Gasteiger partial charge in [0.15, 0.2) is 0 Å². The van der Waals surface area contributed by atoms with Crippen LogP contribution in [0.25, 0.3) is 6.08 Å². The lowest BCUT2D eigenvalue weighted by atomic mass is 10.2. The summed E-state index contributed by atoms with van der Waals surface area (Å²) < 4.78 is 0. The molecule has 0 bridgehead atoms. The molecule has 0 unspecified atom stereocenters. The molecule has 1 aromatic rings. The van der Waals surface area contributed by atoms with Gasteiger partial charge < -0.3 is 5.73 Å². The Labute approximate surface area is 79.6 Å². The smallest absolute Gasteiger partial charge is 0.0137 e. The van der Waals surface area contributed by atoms with Crippen molar-refractivity contribution in [2.24, 2.45) is 5.73 Å². The number of rotatable bonds is 3. The molecule has 0 saturated heterocycles. The first-order chi connectivity index (χ1) is 6.33. The molecule has 0 radical (unpaired) electrons. The Kier molecular flexibility index (Phi) is 4.00. The van der Waals surface area contributed by atoms with Crippen molar-refractivity contribution < 1.29 is 0 Å². The summed E-state index contributed by atoms with van der Waals surface area (Å²) in [5.41, 5.74) is 7.85. The average molecular weight is 173 g/mol. The molecule has 0 saturated carbocycles. The predicted octanol–water partition coefficient (Wildman–Crippen LogP) is 2.60. The molecule has 0 fully saturated rings. The molecule has 1 heteroatoms. The molecule has 13 heavy (non-hydrogen) atoms. The minimum absolute atomic E-state index is 0.624. The van der Waals surface area contributed by atoms with Gasteiger partial charge in [0.05, 0.1) is 0 Å². The number of benzene rings is 1. The highest BCUT2D eigenvalue weighted by Crippen LogP contribution is 2.01. The topological polar surface area (TPSA) is 26.0 Å². The van der Waals surface area contributed by atoms with E-state index >= 15 is 0 Å². The van der Waals surface area contributed by atoms with Crippen molar-refractivity contribution in [3.05, 3.63) is 53.6 Å². The van der Waals surface area contributed by atoms with Crippen LogP contribution in [0.1, 0.15) is 12.5 Å². The molecule has 0 amide bonds. The maximum absolute atomic E-state index is 5.45. The van der Waals surface area contributed by atoms with Gasteiger partial charge in [0, 0.05) is 6.54 Å². The van der Waals surface area contributed by atoms with E-state index in [9.17, 15) is 0 Å². The summed E-state index contributed by atoms with van der Waals surface area (Å²) in [6, 6.07) is 10.2. The molecule has 1 nitrogen and oxygen atoms in total. The Balaban J connectivity index is 2.60. The summed E-state index contributed by atoms with van der Waals surface area (Å²) in [4.78, 5) is 0. The van der Waals surface area contributed by atoms with Gasteiger partial charge in [-0.1, -0.05) is 54.1 Å². The second-order valence-corrected chi connectivity index (χ2v) is 2.99. The average Bonchev–Trinajstić information content (AvgIpc) is 2.19. The van der Waals surface area contributed by atoms with Gasteiger partial charge in [0.1, 0.15) is 0 Å². The normalized spacial score (nSPS) is 12.3. The third kappa shape index (κ3) is 3.72. The molecular formula is C12H15N. The van der Waals surface area contributed by atoms with Crippen molar-refractivity contribution >= 4 is 6.08 Å². The zero-order valence-corrected chi connectivity index (χ0v) is 7.90. The Bertz CT molecular complexity index is 296. The van der Waals surface area contributed by atoms with Gasteiger partial charge >= 0.3 is 0 Å². The van der Waals surface area contributed by atoms with E-state index in [2.05, 4.69) is 18.2 Å². The molecule has 0 atom stereocenters. The fourth-order valence-corrected chi connectivity index (χ4v) is 0.956. The highest BCUT2D eigenvalue weighted by atomic mass is 14.5. The SMILES string of the molecule is CC(=CC=Cc1ccccc1)CN. The van der Waals surface area contributed by atoms with Crippen molar-refractivity contribution in [1.29, 1.82) is 0 Å². The van der Waals surface area contributed by atoms with E-state index in [1.807, 2.05) is 37.3 Å². The summed E-state index contributed by atoms with van der Waals surface area (Å²) in [7, 11) is 0. The van der Waals surface area contributed by atoms with E-state index in [1.165, 1.54) is 11.1 Å². The maximum atomic E-state index is 5.45. The highest BCUT2D eigenvalue weighted by molar-refractivity contribution is 5.50. The van der Waals surface area contributed by atoms with E-state index in [0.29, 0.717) is 6.54 Å². The quantitative estimate of drug-likeness (QED) is 0.698. The lowest BCUT2D eigenvalue weighted by Gasteiger charge is -1.91.